The van der Waals surface area contributed by atoms with Crippen molar-refractivity contribution in [2.75, 3.05) is 6.54 Å². The highest BCUT2D eigenvalue weighted by Gasteiger charge is 2.30. The van der Waals surface area contributed by atoms with E-state index in [1.165, 1.54) is 19.3 Å². The summed E-state index contributed by atoms with van der Waals surface area (Å²) in [6, 6.07) is 2.61. The highest BCUT2D eigenvalue weighted by molar-refractivity contribution is 4.94. The van der Waals surface area contributed by atoms with E-state index in [0.29, 0.717) is 11.9 Å². The van der Waals surface area contributed by atoms with Gasteiger partial charge in [-0.05, 0) is 39.3 Å². The third-order valence-corrected chi connectivity index (χ3v) is 4.03. The molecule has 108 valence electrons. The molecule has 1 fully saturated rings. The van der Waals surface area contributed by atoms with Crippen molar-refractivity contribution in [3.8, 4) is 0 Å². The molecule has 2 aromatic heterocycles. The molecule has 2 aromatic rings. The predicted molar refractivity (Wildman–Crippen MR) is 74.0 cm³/mol. The summed E-state index contributed by atoms with van der Waals surface area (Å²) in [7, 11) is 0. The lowest BCUT2D eigenvalue weighted by Crippen LogP contribution is -2.43. The second-order valence-corrected chi connectivity index (χ2v) is 5.47. The number of hydrogen-bond donors (Lipinski definition) is 0. The van der Waals surface area contributed by atoms with Crippen LogP contribution in [0.4, 0.5) is 0 Å². The Morgan fingerprint density at radius 1 is 1.45 bits per heavy atom. The Kier molecular flexibility index (Phi) is 3.82. The van der Waals surface area contributed by atoms with Crippen LogP contribution in [0.2, 0.25) is 0 Å². The monoisotopic (exact) mass is 275 g/mol. The summed E-state index contributed by atoms with van der Waals surface area (Å²) >= 11 is 0. The normalized spacial score (nSPS) is 22.0. The molecule has 2 atom stereocenters. The Labute approximate surface area is 118 Å². The lowest BCUT2D eigenvalue weighted by atomic mass is 10.00. The molecule has 3 heterocycles. The Bertz CT molecular complexity index is 536. The Hall–Kier alpha value is -1.69. The van der Waals surface area contributed by atoms with Crippen molar-refractivity contribution in [1.82, 2.24) is 24.8 Å². The summed E-state index contributed by atoms with van der Waals surface area (Å²) in [5, 5.41) is 8.22. The Balaban J connectivity index is 1.74. The first kappa shape index (κ1) is 13.3. The number of hydrogen-bond acceptors (Lipinski definition) is 5. The van der Waals surface area contributed by atoms with Crippen molar-refractivity contribution < 1.29 is 4.52 Å². The van der Waals surface area contributed by atoms with Crippen LogP contribution in [0.1, 0.15) is 43.9 Å². The van der Waals surface area contributed by atoms with Gasteiger partial charge in [0.1, 0.15) is 0 Å². The Morgan fingerprint density at radius 3 is 3.05 bits per heavy atom. The van der Waals surface area contributed by atoms with Gasteiger partial charge in [0.25, 0.3) is 0 Å². The van der Waals surface area contributed by atoms with E-state index in [0.717, 1.165) is 19.0 Å². The molecule has 1 aliphatic heterocycles. The molecule has 0 radical (unpaired) electrons. The van der Waals surface area contributed by atoms with Crippen LogP contribution in [0.5, 0.6) is 0 Å². The van der Waals surface area contributed by atoms with Crippen LogP contribution in [-0.4, -0.2) is 37.4 Å². The van der Waals surface area contributed by atoms with E-state index < -0.39 is 0 Å². The maximum atomic E-state index is 5.34. The van der Waals surface area contributed by atoms with E-state index in [1.807, 2.05) is 30.1 Å². The summed E-state index contributed by atoms with van der Waals surface area (Å²) in [6.45, 7) is 6.00. The van der Waals surface area contributed by atoms with Gasteiger partial charge in [-0.15, -0.1) is 0 Å². The molecule has 1 aliphatic rings. The summed E-state index contributed by atoms with van der Waals surface area (Å²) in [5.41, 5.74) is 0. The first-order valence-electron chi connectivity index (χ1n) is 7.27. The van der Waals surface area contributed by atoms with Crippen LogP contribution in [0.15, 0.2) is 23.0 Å². The fourth-order valence-corrected chi connectivity index (χ4v) is 2.98. The molecule has 0 bridgehead atoms. The van der Waals surface area contributed by atoms with E-state index in [2.05, 4.69) is 27.1 Å². The van der Waals surface area contributed by atoms with E-state index in [1.54, 1.807) is 0 Å². The molecular weight excluding hydrogens is 254 g/mol. The van der Waals surface area contributed by atoms with Gasteiger partial charge in [0, 0.05) is 18.4 Å². The van der Waals surface area contributed by atoms with Gasteiger partial charge in [-0.1, -0.05) is 11.6 Å². The second-order valence-electron chi connectivity index (χ2n) is 5.47. The molecule has 1 saturated heterocycles. The number of piperidine rings is 1. The van der Waals surface area contributed by atoms with Gasteiger partial charge in [-0.3, -0.25) is 9.58 Å². The van der Waals surface area contributed by atoms with Crippen molar-refractivity contribution in [2.24, 2.45) is 0 Å². The average molecular weight is 275 g/mol. The number of nitrogens with zero attached hydrogens (tertiary/aromatic N) is 5. The minimum atomic E-state index is 0.164. The van der Waals surface area contributed by atoms with Crippen LogP contribution in [0, 0.1) is 6.92 Å². The van der Waals surface area contributed by atoms with Crippen molar-refractivity contribution in [3.05, 3.63) is 30.2 Å². The first-order chi connectivity index (χ1) is 9.74. The largest absolute Gasteiger partial charge is 0.338 e. The van der Waals surface area contributed by atoms with Crippen molar-refractivity contribution in [3.63, 3.8) is 0 Å². The van der Waals surface area contributed by atoms with Gasteiger partial charge >= 0.3 is 0 Å². The summed E-state index contributed by atoms with van der Waals surface area (Å²) in [6.07, 6.45) is 7.55. The van der Waals surface area contributed by atoms with Crippen LogP contribution < -0.4 is 0 Å². The standard InChI is InChI=1S/C14H21N5O/c1-11(14-16-12(2)17-20-14)19-9-4-3-6-13(19)10-18-8-5-7-15-18/h5,7-8,11,13H,3-4,6,9-10H2,1-2H3/t11-,13-/m0/s1. The SMILES string of the molecule is Cc1noc([C@H](C)N2CCCC[C@H]2Cn2cccn2)n1. The van der Waals surface area contributed by atoms with Crippen LogP contribution in [0.3, 0.4) is 0 Å². The minimum absolute atomic E-state index is 0.164. The fourth-order valence-electron chi connectivity index (χ4n) is 2.98. The van der Waals surface area contributed by atoms with E-state index >= 15 is 0 Å². The molecule has 0 unspecified atom stereocenters. The fraction of sp³-hybridized carbons (Fsp3) is 0.643. The molecule has 6 heteroatoms. The molecule has 0 saturated carbocycles. The zero-order chi connectivity index (χ0) is 13.9. The lowest BCUT2D eigenvalue weighted by molar-refractivity contribution is 0.0719. The molecule has 0 aromatic carbocycles. The van der Waals surface area contributed by atoms with Gasteiger partial charge in [0.05, 0.1) is 12.6 Å². The number of aromatic nitrogens is 4. The summed E-state index contributed by atoms with van der Waals surface area (Å²) in [4.78, 5) is 6.85. The molecule has 0 aliphatic carbocycles. The molecule has 6 nitrogen and oxygen atoms in total. The van der Waals surface area contributed by atoms with Gasteiger partial charge in [-0.2, -0.15) is 10.1 Å². The summed E-state index contributed by atoms with van der Waals surface area (Å²) in [5.74, 6) is 1.42. The second kappa shape index (κ2) is 5.75. The molecule has 0 amide bonds. The van der Waals surface area contributed by atoms with E-state index in [4.69, 9.17) is 4.52 Å². The number of rotatable bonds is 4. The van der Waals surface area contributed by atoms with Crippen LogP contribution in [0.25, 0.3) is 0 Å². The van der Waals surface area contributed by atoms with Crippen molar-refractivity contribution in [1.29, 1.82) is 0 Å². The molecule has 0 N–H and O–H groups in total. The third kappa shape index (κ3) is 2.75. The minimum Gasteiger partial charge on any atom is -0.338 e. The van der Waals surface area contributed by atoms with Crippen molar-refractivity contribution in [2.45, 2.75) is 51.7 Å². The Morgan fingerprint density at radius 2 is 2.35 bits per heavy atom. The van der Waals surface area contributed by atoms with Gasteiger partial charge in [0.15, 0.2) is 5.82 Å². The summed E-state index contributed by atoms with van der Waals surface area (Å²) < 4.78 is 7.35. The van der Waals surface area contributed by atoms with E-state index in [-0.39, 0.29) is 6.04 Å². The average Bonchev–Trinajstić information content (AvgIpc) is 3.10. The van der Waals surface area contributed by atoms with Crippen LogP contribution in [-0.2, 0) is 6.54 Å². The topological polar surface area (TPSA) is 60.0 Å². The maximum absolute atomic E-state index is 5.34. The quantitative estimate of drug-likeness (QED) is 0.856. The molecule has 3 rings (SSSR count). The zero-order valence-electron chi connectivity index (χ0n) is 12.1. The molecule has 0 spiro atoms. The highest BCUT2D eigenvalue weighted by atomic mass is 16.5. The lowest BCUT2D eigenvalue weighted by Gasteiger charge is -2.38. The van der Waals surface area contributed by atoms with Gasteiger partial charge in [-0.25, -0.2) is 0 Å². The molecular formula is C14H21N5O. The molecule has 20 heavy (non-hydrogen) atoms. The van der Waals surface area contributed by atoms with Crippen molar-refractivity contribution >= 4 is 0 Å². The number of aryl methyl sites for hydroxylation is 1. The maximum Gasteiger partial charge on any atom is 0.243 e. The third-order valence-electron chi connectivity index (χ3n) is 4.03. The van der Waals surface area contributed by atoms with Gasteiger partial charge < -0.3 is 4.52 Å². The smallest absolute Gasteiger partial charge is 0.243 e. The van der Waals surface area contributed by atoms with Gasteiger partial charge in [0.2, 0.25) is 5.89 Å². The van der Waals surface area contributed by atoms with Crippen LogP contribution >= 0.6 is 0 Å². The van der Waals surface area contributed by atoms with E-state index in [9.17, 15) is 0 Å². The zero-order valence-corrected chi connectivity index (χ0v) is 12.1. The first-order valence-corrected chi connectivity index (χ1v) is 7.27. The number of likely N-dealkylation sites (tertiary alicyclic amines) is 1. The highest BCUT2D eigenvalue weighted by Crippen LogP contribution is 2.28. The predicted octanol–water partition coefficient (Wildman–Crippen LogP) is 2.19.